The summed E-state index contributed by atoms with van der Waals surface area (Å²) in [6.07, 6.45) is 5.01. The summed E-state index contributed by atoms with van der Waals surface area (Å²) in [6.45, 7) is 5.32. The average molecular weight is 296 g/mol. The van der Waals surface area contributed by atoms with Crippen molar-refractivity contribution in [2.45, 2.75) is 32.6 Å². The summed E-state index contributed by atoms with van der Waals surface area (Å²) in [5, 5.41) is 0.297. The van der Waals surface area contributed by atoms with Gasteiger partial charge in [-0.1, -0.05) is 6.92 Å². The van der Waals surface area contributed by atoms with Gasteiger partial charge in [-0.3, -0.25) is 0 Å². The Morgan fingerprint density at radius 2 is 1.90 bits per heavy atom. The van der Waals surface area contributed by atoms with Crippen LogP contribution in [0.25, 0.3) is 0 Å². The van der Waals surface area contributed by atoms with Gasteiger partial charge >= 0.3 is 0 Å². The monoisotopic (exact) mass is 295 g/mol. The third kappa shape index (κ3) is 3.14. The second-order valence-corrected chi connectivity index (χ2v) is 6.44. The Morgan fingerprint density at radius 1 is 1.20 bits per heavy atom. The molecule has 110 valence electrons. The lowest BCUT2D eigenvalue weighted by Crippen LogP contribution is -2.32. The van der Waals surface area contributed by atoms with Gasteiger partial charge < -0.3 is 9.80 Å². The molecule has 20 heavy (non-hydrogen) atoms. The quantitative estimate of drug-likeness (QED) is 0.854. The highest BCUT2D eigenvalue weighted by Gasteiger charge is 2.33. The van der Waals surface area contributed by atoms with Crippen LogP contribution in [-0.2, 0) is 0 Å². The van der Waals surface area contributed by atoms with Crippen molar-refractivity contribution in [1.82, 2.24) is 15.0 Å². The van der Waals surface area contributed by atoms with E-state index in [4.69, 9.17) is 11.6 Å². The lowest BCUT2D eigenvalue weighted by Gasteiger charge is -2.27. The molecule has 2 fully saturated rings. The number of rotatable bonds is 4. The molecule has 2 atom stereocenters. The molecular formula is C14H22ClN5. The predicted octanol–water partition coefficient (Wildman–Crippen LogP) is 2.61. The topological polar surface area (TPSA) is 45.2 Å². The second kappa shape index (κ2) is 5.72. The van der Waals surface area contributed by atoms with Crippen LogP contribution in [0.1, 0.15) is 32.6 Å². The largest absolute Gasteiger partial charge is 0.343 e. The van der Waals surface area contributed by atoms with Crippen molar-refractivity contribution in [3.05, 3.63) is 5.28 Å². The smallest absolute Gasteiger partial charge is 0.231 e. The standard InChI is InChI=1S/C14H22ClN5/c1-10-8-11(10)9-19(2)13-16-12(15)17-14(18-13)20-6-4-3-5-7-20/h10-11H,3-9H2,1-2H3. The summed E-state index contributed by atoms with van der Waals surface area (Å²) in [7, 11) is 2.04. The maximum absolute atomic E-state index is 6.08. The minimum Gasteiger partial charge on any atom is -0.343 e. The Balaban J connectivity index is 1.74. The van der Waals surface area contributed by atoms with Crippen LogP contribution >= 0.6 is 11.6 Å². The fourth-order valence-electron chi connectivity index (χ4n) is 2.82. The molecule has 3 rings (SSSR count). The van der Waals surface area contributed by atoms with Crippen molar-refractivity contribution in [3.63, 3.8) is 0 Å². The first-order chi connectivity index (χ1) is 9.63. The van der Waals surface area contributed by atoms with Gasteiger partial charge in [-0.05, 0) is 49.1 Å². The third-order valence-electron chi connectivity index (χ3n) is 4.35. The first kappa shape index (κ1) is 13.9. The number of halogens is 1. The minimum absolute atomic E-state index is 0.297. The number of piperidine rings is 1. The van der Waals surface area contributed by atoms with Crippen molar-refractivity contribution < 1.29 is 0 Å². The van der Waals surface area contributed by atoms with E-state index in [-0.39, 0.29) is 0 Å². The zero-order valence-corrected chi connectivity index (χ0v) is 13.0. The van der Waals surface area contributed by atoms with Gasteiger partial charge in [0.15, 0.2) is 0 Å². The van der Waals surface area contributed by atoms with E-state index < -0.39 is 0 Å². The highest BCUT2D eigenvalue weighted by molar-refractivity contribution is 6.28. The maximum Gasteiger partial charge on any atom is 0.231 e. The van der Waals surface area contributed by atoms with E-state index in [0.29, 0.717) is 11.2 Å². The molecule has 5 nitrogen and oxygen atoms in total. The summed E-state index contributed by atoms with van der Waals surface area (Å²) in [5.41, 5.74) is 0. The van der Waals surface area contributed by atoms with Crippen molar-refractivity contribution in [3.8, 4) is 0 Å². The first-order valence-corrected chi connectivity index (χ1v) is 7.89. The lowest BCUT2D eigenvalue weighted by atomic mass is 10.1. The van der Waals surface area contributed by atoms with Crippen LogP contribution in [-0.4, -0.2) is 41.6 Å². The molecule has 6 heteroatoms. The number of hydrogen-bond acceptors (Lipinski definition) is 5. The van der Waals surface area contributed by atoms with Gasteiger partial charge in [0.2, 0.25) is 17.2 Å². The molecule has 1 saturated carbocycles. The van der Waals surface area contributed by atoms with Crippen LogP contribution < -0.4 is 9.80 Å². The van der Waals surface area contributed by atoms with Gasteiger partial charge in [-0.25, -0.2) is 0 Å². The molecule has 2 aliphatic rings. The molecule has 0 aromatic carbocycles. The molecule has 2 heterocycles. The van der Waals surface area contributed by atoms with Crippen molar-refractivity contribution in [2.75, 3.05) is 36.5 Å². The minimum atomic E-state index is 0.297. The van der Waals surface area contributed by atoms with E-state index >= 15 is 0 Å². The molecule has 1 aliphatic carbocycles. The Bertz CT molecular complexity index is 475. The van der Waals surface area contributed by atoms with Crippen molar-refractivity contribution in [1.29, 1.82) is 0 Å². The van der Waals surface area contributed by atoms with E-state index in [1.807, 2.05) is 7.05 Å². The summed E-state index contributed by atoms with van der Waals surface area (Å²) < 4.78 is 0. The van der Waals surface area contributed by atoms with Gasteiger partial charge in [0, 0.05) is 26.7 Å². The fraction of sp³-hybridized carbons (Fsp3) is 0.786. The maximum atomic E-state index is 6.08. The predicted molar refractivity (Wildman–Crippen MR) is 81.4 cm³/mol. The van der Waals surface area contributed by atoms with Gasteiger partial charge in [0.1, 0.15) is 0 Å². The summed E-state index contributed by atoms with van der Waals surface area (Å²) >= 11 is 6.08. The Morgan fingerprint density at radius 3 is 2.55 bits per heavy atom. The lowest BCUT2D eigenvalue weighted by molar-refractivity contribution is 0.566. The molecule has 1 aromatic rings. The molecule has 1 saturated heterocycles. The SMILES string of the molecule is CC1CC1CN(C)c1nc(Cl)nc(N2CCCCC2)n1. The molecule has 0 spiro atoms. The zero-order chi connectivity index (χ0) is 14.1. The molecule has 0 amide bonds. The molecule has 0 bridgehead atoms. The van der Waals surface area contributed by atoms with Crippen LogP contribution in [0.3, 0.4) is 0 Å². The molecule has 0 radical (unpaired) electrons. The van der Waals surface area contributed by atoms with Crippen molar-refractivity contribution in [2.24, 2.45) is 11.8 Å². The zero-order valence-electron chi connectivity index (χ0n) is 12.2. The van der Waals surface area contributed by atoms with E-state index in [9.17, 15) is 0 Å². The number of aromatic nitrogens is 3. The first-order valence-electron chi connectivity index (χ1n) is 7.51. The van der Waals surface area contributed by atoms with E-state index in [1.54, 1.807) is 0 Å². The molecule has 0 N–H and O–H groups in total. The Labute approximate surface area is 125 Å². The van der Waals surface area contributed by atoms with E-state index in [2.05, 4.69) is 31.7 Å². The molecule has 1 aromatic heterocycles. The highest BCUT2D eigenvalue weighted by Crippen LogP contribution is 2.38. The average Bonchev–Trinajstić information content (AvgIpc) is 3.14. The fourth-order valence-corrected chi connectivity index (χ4v) is 2.97. The van der Waals surface area contributed by atoms with Crippen LogP contribution in [0.15, 0.2) is 0 Å². The van der Waals surface area contributed by atoms with Crippen LogP contribution in [0.4, 0.5) is 11.9 Å². The van der Waals surface area contributed by atoms with Crippen LogP contribution in [0, 0.1) is 11.8 Å². The Kier molecular flexibility index (Phi) is 3.96. The molecule has 2 unspecified atom stereocenters. The Hall–Kier alpha value is -1.10. The highest BCUT2D eigenvalue weighted by atomic mass is 35.5. The molecular weight excluding hydrogens is 274 g/mol. The van der Waals surface area contributed by atoms with Crippen molar-refractivity contribution >= 4 is 23.5 Å². The normalized spacial score (nSPS) is 25.6. The van der Waals surface area contributed by atoms with Crippen LogP contribution in [0.5, 0.6) is 0 Å². The number of hydrogen-bond donors (Lipinski definition) is 0. The summed E-state index contributed by atoms with van der Waals surface area (Å²) in [5.74, 6) is 3.03. The van der Waals surface area contributed by atoms with E-state index in [0.717, 1.165) is 37.4 Å². The van der Waals surface area contributed by atoms with Gasteiger partial charge in [0.25, 0.3) is 0 Å². The van der Waals surface area contributed by atoms with Crippen LogP contribution in [0.2, 0.25) is 5.28 Å². The number of anilines is 2. The third-order valence-corrected chi connectivity index (χ3v) is 4.52. The van der Waals surface area contributed by atoms with Gasteiger partial charge in [-0.2, -0.15) is 15.0 Å². The molecule has 1 aliphatic heterocycles. The summed E-state index contributed by atoms with van der Waals surface area (Å²) in [6, 6.07) is 0. The summed E-state index contributed by atoms with van der Waals surface area (Å²) in [4.78, 5) is 17.5. The number of nitrogens with zero attached hydrogens (tertiary/aromatic N) is 5. The second-order valence-electron chi connectivity index (χ2n) is 6.11. The van der Waals surface area contributed by atoms with Gasteiger partial charge in [0.05, 0.1) is 0 Å². The van der Waals surface area contributed by atoms with E-state index in [1.165, 1.54) is 25.7 Å². The van der Waals surface area contributed by atoms with Gasteiger partial charge in [-0.15, -0.1) is 0 Å².